The smallest absolute Gasteiger partial charge is 0.314 e. The maximum Gasteiger partial charge on any atom is 0.314 e. The molecule has 3 N–H and O–H groups in total. The van der Waals surface area contributed by atoms with Crippen LogP contribution in [0.25, 0.3) is 0 Å². The van der Waals surface area contributed by atoms with Crippen LogP contribution in [0, 0.1) is 0 Å². The van der Waals surface area contributed by atoms with E-state index in [1.807, 2.05) is 0 Å². The van der Waals surface area contributed by atoms with Crippen molar-refractivity contribution in [3.63, 3.8) is 0 Å². The van der Waals surface area contributed by atoms with Crippen LogP contribution in [0.2, 0.25) is 0 Å². The minimum absolute atomic E-state index is 0.272. The molecule has 2 heterocycles. The molecule has 17 heavy (non-hydrogen) atoms. The van der Waals surface area contributed by atoms with Gasteiger partial charge in [0.25, 0.3) is 0 Å². The van der Waals surface area contributed by atoms with Crippen molar-refractivity contribution in [1.29, 1.82) is 0 Å². The number of nitrogens with zero attached hydrogens (tertiary/aromatic N) is 1. The predicted octanol–water partition coefficient (Wildman–Crippen LogP) is 1.40. The maximum atomic E-state index is 11.0. The molecule has 0 aromatic rings. The highest BCUT2D eigenvalue weighted by atomic mass is 32.2. The zero-order valence-electron chi connectivity index (χ0n) is 10.4. The first-order valence-electron chi connectivity index (χ1n) is 6.65. The number of amides is 2. The Morgan fingerprint density at radius 2 is 2.06 bits per heavy atom. The molecular formula is C12H23N3OS. The summed E-state index contributed by atoms with van der Waals surface area (Å²) in [5, 5.41) is 4.45. The Hall–Kier alpha value is -0.420. The Labute approximate surface area is 108 Å². The third-order valence-corrected chi connectivity index (χ3v) is 5.11. The molecule has 2 fully saturated rings. The van der Waals surface area contributed by atoms with E-state index in [9.17, 15) is 4.79 Å². The number of rotatable bonds is 3. The van der Waals surface area contributed by atoms with Crippen molar-refractivity contribution < 1.29 is 4.79 Å². The van der Waals surface area contributed by atoms with Crippen LogP contribution in [0.15, 0.2) is 0 Å². The van der Waals surface area contributed by atoms with Crippen LogP contribution in [0.3, 0.4) is 0 Å². The number of hydrogen-bond donors (Lipinski definition) is 2. The maximum absolute atomic E-state index is 11.0. The van der Waals surface area contributed by atoms with Crippen LogP contribution < -0.4 is 11.1 Å². The fourth-order valence-electron chi connectivity index (χ4n) is 2.57. The quantitative estimate of drug-likeness (QED) is 0.803. The van der Waals surface area contributed by atoms with Gasteiger partial charge >= 0.3 is 6.03 Å². The summed E-state index contributed by atoms with van der Waals surface area (Å²) < 4.78 is 0. The van der Waals surface area contributed by atoms with E-state index >= 15 is 0 Å². The molecule has 1 unspecified atom stereocenters. The van der Waals surface area contributed by atoms with Crippen molar-refractivity contribution in [1.82, 2.24) is 10.2 Å². The average molecular weight is 257 g/mol. The van der Waals surface area contributed by atoms with Gasteiger partial charge in [0.15, 0.2) is 0 Å². The van der Waals surface area contributed by atoms with E-state index in [-0.39, 0.29) is 6.03 Å². The molecule has 2 saturated heterocycles. The van der Waals surface area contributed by atoms with Crippen molar-refractivity contribution >= 4 is 17.8 Å². The monoisotopic (exact) mass is 257 g/mol. The summed E-state index contributed by atoms with van der Waals surface area (Å²) in [6, 6.07) is 0.305. The van der Waals surface area contributed by atoms with E-state index in [1.54, 1.807) is 4.90 Å². The van der Waals surface area contributed by atoms with Crippen molar-refractivity contribution in [3.05, 3.63) is 0 Å². The first-order valence-corrected chi connectivity index (χ1v) is 7.70. The van der Waals surface area contributed by atoms with Crippen LogP contribution in [0.1, 0.15) is 32.1 Å². The van der Waals surface area contributed by atoms with E-state index in [4.69, 9.17) is 5.73 Å². The SMILES string of the molecule is NC(=O)N1CCC(NCC2CCCCS2)CC1. The second-order valence-electron chi connectivity index (χ2n) is 5.00. The fourth-order valence-corrected chi connectivity index (χ4v) is 3.82. The van der Waals surface area contributed by atoms with Gasteiger partial charge in [-0.2, -0.15) is 11.8 Å². The summed E-state index contributed by atoms with van der Waals surface area (Å²) in [5.74, 6) is 1.33. The summed E-state index contributed by atoms with van der Waals surface area (Å²) in [5.41, 5.74) is 5.27. The van der Waals surface area contributed by atoms with E-state index < -0.39 is 0 Å². The summed E-state index contributed by atoms with van der Waals surface area (Å²) in [6.45, 7) is 2.75. The van der Waals surface area contributed by atoms with Crippen LogP contribution >= 0.6 is 11.8 Å². The number of likely N-dealkylation sites (tertiary alicyclic amines) is 1. The topological polar surface area (TPSA) is 58.4 Å². The Morgan fingerprint density at radius 1 is 1.29 bits per heavy atom. The highest BCUT2D eigenvalue weighted by Gasteiger charge is 2.22. The van der Waals surface area contributed by atoms with Gasteiger partial charge in [-0.3, -0.25) is 0 Å². The van der Waals surface area contributed by atoms with Gasteiger partial charge in [-0.25, -0.2) is 4.79 Å². The molecule has 2 amide bonds. The number of nitrogens with one attached hydrogen (secondary N) is 1. The van der Waals surface area contributed by atoms with Crippen LogP contribution in [0.4, 0.5) is 4.79 Å². The Balaban J connectivity index is 1.62. The lowest BCUT2D eigenvalue weighted by Crippen LogP contribution is -2.47. The molecule has 2 rings (SSSR count). The van der Waals surface area contributed by atoms with Crippen molar-refractivity contribution in [2.45, 2.75) is 43.4 Å². The first-order chi connectivity index (χ1) is 8.25. The van der Waals surface area contributed by atoms with Gasteiger partial charge in [-0.15, -0.1) is 0 Å². The summed E-state index contributed by atoms with van der Waals surface area (Å²) in [7, 11) is 0. The minimum Gasteiger partial charge on any atom is -0.351 e. The highest BCUT2D eigenvalue weighted by Crippen LogP contribution is 2.24. The van der Waals surface area contributed by atoms with Gasteiger partial charge < -0.3 is 16.0 Å². The molecule has 2 aliphatic heterocycles. The third kappa shape index (κ3) is 4.07. The Morgan fingerprint density at radius 3 is 2.65 bits per heavy atom. The number of hydrogen-bond acceptors (Lipinski definition) is 3. The third-order valence-electron chi connectivity index (χ3n) is 3.71. The Kier molecular flexibility index (Phi) is 4.98. The van der Waals surface area contributed by atoms with E-state index in [2.05, 4.69) is 17.1 Å². The van der Waals surface area contributed by atoms with Crippen LogP contribution in [0.5, 0.6) is 0 Å². The molecule has 5 heteroatoms. The number of nitrogens with two attached hydrogens (primary N) is 1. The highest BCUT2D eigenvalue weighted by molar-refractivity contribution is 7.99. The second-order valence-corrected chi connectivity index (χ2v) is 6.40. The summed E-state index contributed by atoms with van der Waals surface area (Å²) in [6.07, 6.45) is 6.22. The first kappa shape index (κ1) is 13.0. The lowest BCUT2D eigenvalue weighted by Gasteiger charge is -2.32. The molecule has 0 saturated carbocycles. The molecule has 0 aromatic carbocycles. The molecular weight excluding hydrogens is 234 g/mol. The van der Waals surface area contributed by atoms with Gasteiger partial charge in [-0.1, -0.05) is 6.42 Å². The molecule has 0 bridgehead atoms. The van der Waals surface area contributed by atoms with Crippen molar-refractivity contribution in [2.24, 2.45) is 5.73 Å². The van der Waals surface area contributed by atoms with Crippen LogP contribution in [-0.4, -0.2) is 47.6 Å². The van der Waals surface area contributed by atoms with Gasteiger partial charge in [0, 0.05) is 30.9 Å². The molecule has 1 atom stereocenters. The molecule has 98 valence electrons. The predicted molar refractivity (Wildman–Crippen MR) is 72.3 cm³/mol. The fraction of sp³-hybridized carbons (Fsp3) is 0.917. The lowest BCUT2D eigenvalue weighted by atomic mass is 10.0. The van der Waals surface area contributed by atoms with Gasteiger partial charge in [0.05, 0.1) is 0 Å². The molecule has 0 aromatic heterocycles. The summed E-state index contributed by atoms with van der Waals surface area (Å²) in [4.78, 5) is 12.7. The molecule has 0 spiro atoms. The van der Waals surface area contributed by atoms with E-state index in [1.165, 1.54) is 25.0 Å². The normalized spacial score (nSPS) is 27.1. The zero-order chi connectivity index (χ0) is 12.1. The number of thioether (sulfide) groups is 1. The van der Waals surface area contributed by atoms with E-state index in [0.717, 1.165) is 37.7 Å². The number of urea groups is 1. The van der Waals surface area contributed by atoms with Gasteiger partial charge in [-0.05, 0) is 31.4 Å². The number of carbonyl (C=O) groups excluding carboxylic acids is 1. The van der Waals surface area contributed by atoms with Gasteiger partial charge in [0.1, 0.15) is 0 Å². The lowest BCUT2D eigenvalue weighted by molar-refractivity contribution is 0.185. The molecule has 0 aliphatic carbocycles. The molecule has 0 radical (unpaired) electrons. The van der Waals surface area contributed by atoms with Crippen molar-refractivity contribution in [3.8, 4) is 0 Å². The Bertz CT molecular complexity index is 248. The van der Waals surface area contributed by atoms with Crippen LogP contribution in [-0.2, 0) is 0 Å². The summed E-state index contributed by atoms with van der Waals surface area (Å²) >= 11 is 2.11. The minimum atomic E-state index is -0.272. The molecule has 2 aliphatic rings. The molecule has 4 nitrogen and oxygen atoms in total. The second kappa shape index (κ2) is 6.50. The number of piperidine rings is 1. The van der Waals surface area contributed by atoms with Gasteiger partial charge in [0.2, 0.25) is 0 Å². The number of primary amides is 1. The van der Waals surface area contributed by atoms with Crippen molar-refractivity contribution in [2.75, 3.05) is 25.4 Å². The average Bonchev–Trinajstić information content (AvgIpc) is 2.38. The largest absolute Gasteiger partial charge is 0.351 e. The standard InChI is InChI=1S/C12H23N3OS/c13-12(16)15-6-4-10(5-7-15)14-9-11-3-1-2-8-17-11/h10-11,14H,1-9H2,(H2,13,16). The van der Waals surface area contributed by atoms with E-state index in [0.29, 0.717) is 6.04 Å². The number of carbonyl (C=O) groups is 1. The zero-order valence-corrected chi connectivity index (χ0v) is 11.2.